The molecule has 0 aliphatic heterocycles. The highest BCUT2D eigenvalue weighted by atomic mass is 35.5. The maximum absolute atomic E-state index is 12.0. The summed E-state index contributed by atoms with van der Waals surface area (Å²) < 4.78 is 10.1. The van der Waals surface area contributed by atoms with Crippen LogP contribution in [0.5, 0.6) is 6.08 Å². The molecule has 0 aliphatic carbocycles. The van der Waals surface area contributed by atoms with Crippen LogP contribution in [-0.2, 0) is 4.79 Å². The van der Waals surface area contributed by atoms with Crippen molar-refractivity contribution in [2.24, 2.45) is 0 Å². The number of pyridine rings is 1. The lowest BCUT2D eigenvalue weighted by Crippen LogP contribution is -2.21. The molecule has 7 nitrogen and oxygen atoms in total. The zero-order chi connectivity index (χ0) is 18.7. The number of ether oxygens (including phenoxy) is 1. The number of nitrogens with one attached hydrogen (secondary N) is 1. The first kappa shape index (κ1) is 18.4. The molecule has 1 amide bonds. The van der Waals surface area contributed by atoms with E-state index in [4.69, 9.17) is 44.1 Å². The highest BCUT2D eigenvalue weighted by molar-refractivity contribution is 6.37. The molecule has 10 heteroatoms. The number of hydrogen-bond acceptors (Lipinski definition) is 6. The van der Waals surface area contributed by atoms with E-state index in [-0.39, 0.29) is 29.3 Å². The Balaban J connectivity index is 1.62. The van der Waals surface area contributed by atoms with E-state index in [0.29, 0.717) is 21.2 Å². The fourth-order valence-corrected chi connectivity index (χ4v) is 2.57. The Morgan fingerprint density at radius 1 is 1.23 bits per heavy atom. The molecule has 2 heterocycles. The van der Waals surface area contributed by atoms with Crippen molar-refractivity contribution >= 4 is 46.5 Å². The van der Waals surface area contributed by atoms with E-state index >= 15 is 0 Å². The third kappa shape index (κ3) is 4.07. The zero-order valence-electron chi connectivity index (χ0n) is 13.3. The quantitative estimate of drug-likeness (QED) is 0.666. The minimum atomic E-state index is -0.501. The van der Waals surface area contributed by atoms with Gasteiger partial charge in [0.25, 0.3) is 5.91 Å². The summed E-state index contributed by atoms with van der Waals surface area (Å²) >= 11 is 18.1. The monoisotopic (exact) mass is 412 g/mol. The summed E-state index contributed by atoms with van der Waals surface area (Å²) in [6.45, 7) is 1.34. The van der Waals surface area contributed by atoms with Gasteiger partial charge in [-0.25, -0.2) is 4.98 Å². The van der Waals surface area contributed by atoms with Gasteiger partial charge in [-0.3, -0.25) is 9.32 Å². The normalized spacial score (nSPS) is 10.6. The molecular weight excluding hydrogens is 403 g/mol. The van der Waals surface area contributed by atoms with Crippen LogP contribution < -0.4 is 10.1 Å². The van der Waals surface area contributed by atoms with Crippen molar-refractivity contribution in [1.29, 1.82) is 0 Å². The Labute approximate surface area is 163 Å². The van der Waals surface area contributed by atoms with Crippen molar-refractivity contribution in [3.8, 4) is 17.5 Å². The maximum atomic E-state index is 12.0. The van der Waals surface area contributed by atoms with Gasteiger partial charge in [0.15, 0.2) is 12.4 Å². The largest absolute Gasteiger partial charge is 0.439 e. The standard InChI is InChI=1S/C16H11Cl3N4O3/c1-8-11(18)6-20-15(13(8)19)21-12(24)7-25-16-22-14(23-26-16)9-4-2-3-5-10(9)17/h2-6H,7H2,1H3,(H,20,21,24). The second-order valence-corrected chi connectivity index (χ2v) is 6.29. The van der Waals surface area contributed by atoms with Crippen molar-refractivity contribution in [2.75, 3.05) is 11.9 Å². The van der Waals surface area contributed by atoms with E-state index in [1.807, 2.05) is 0 Å². The Morgan fingerprint density at radius 2 is 2.00 bits per heavy atom. The molecule has 1 N–H and O–H groups in total. The molecule has 0 radical (unpaired) electrons. The number of aromatic nitrogens is 3. The van der Waals surface area contributed by atoms with Gasteiger partial charge in [0.1, 0.15) is 0 Å². The number of carbonyl (C=O) groups is 1. The zero-order valence-corrected chi connectivity index (χ0v) is 15.6. The van der Waals surface area contributed by atoms with Crippen LogP contribution in [0.4, 0.5) is 5.82 Å². The lowest BCUT2D eigenvalue weighted by molar-refractivity contribution is -0.118. The molecule has 0 aliphatic rings. The Kier molecular flexibility index (Phi) is 5.61. The number of anilines is 1. The van der Waals surface area contributed by atoms with Crippen molar-refractivity contribution in [3.63, 3.8) is 0 Å². The fraction of sp³-hybridized carbons (Fsp3) is 0.125. The molecule has 0 saturated heterocycles. The molecular formula is C16H11Cl3N4O3. The van der Waals surface area contributed by atoms with Gasteiger partial charge in [-0.2, -0.15) is 4.98 Å². The van der Waals surface area contributed by atoms with Crippen LogP contribution >= 0.6 is 34.8 Å². The van der Waals surface area contributed by atoms with Gasteiger partial charge in [-0.05, 0) is 24.6 Å². The van der Waals surface area contributed by atoms with E-state index in [1.165, 1.54) is 6.20 Å². The number of amides is 1. The minimum absolute atomic E-state index is 0.165. The van der Waals surface area contributed by atoms with Crippen LogP contribution in [-0.4, -0.2) is 27.6 Å². The average molecular weight is 414 g/mol. The number of benzene rings is 1. The van der Waals surface area contributed by atoms with Crippen LogP contribution in [0.1, 0.15) is 5.56 Å². The summed E-state index contributed by atoms with van der Waals surface area (Å²) in [7, 11) is 0. The first-order chi connectivity index (χ1) is 12.5. The summed E-state index contributed by atoms with van der Waals surface area (Å²) in [5.41, 5.74) is 1.20. The Bertz CT molecular complexity index is 962. The fourth-order valence-electron chi connectivity index (χ4n) is 1.96. The number of rotatable bonds is 5. The highest BCUT2D eigenvalue weighted by Gasteiger charge is 2.15. The summed E-state index contributed by atoms with van der Waals surface area (Å²) in [4.78, 5) is 20.0. The predicted octanol–water partition coefficient (Wildman–Crippen LogP) is 4.42. The van der Waals surface area contributed by atoms with Gasteiger partial charge in [0, 0.05) is 11.8 Å². The molecule has 0 bridgehead atoms. The molecule has 0 saturated carbocycles. The van der Waals surface area contributed by atoms with Crippen molar-refractivity contribution in [2.45, 2.75) is 6.92 Å². The minimum Gasteiger partial charge on any atom is -0.439 e. The van der Waals surface area contributed by atoms with Crippen LogP contribution in [0.2, 0.25) is 15.1 Å². The number of halogens is 3. The Morgan fingerprint density at radius 3 is 2.77 bits per heavy atom. The lowest BCUT2D eigenvalue weighted by atomic mass is 10.2. The molecule has 26 heavy (non-hydrogen) atoms. The molecule has 1 aromatic carbocycles. The van der Waals surface area contributed by atoms with Gasteiger partial charge < -0.3 is 10.1 Å². The molecule has 3 rings (SSSR count). The third-order valence-corrected chi connectivity index (χ3v) is 4.48. The summed E-state index contributed by atoms with van der Waals surface area (Å²) in [6, 6.07) is 7.01. The van der Waals surface area contributed by atoms with Crippen LogP contribution in [0.15, 0.2) is 35.0 Å². The molecule has 0 fully saturated rings. The number of carbonyl (C=O) groups excluding carboxylic acids is 1. The average Bonchev–Trinajstić information content (AvgIpc) is 3.10. The topological polar surface area (TPSA) is 90.1 Å². The van der Waals surface area contributed by atoms with Crippen molar-refractivity contribution in [3.05, 3.63) is 51.1 Å². The van der Waals surface area contributed by atoms with Crippen molar-refractivity contribution < 1.29 is 14.1 Å². The highest BCUT2D eigenvalue weighted by Crippen LogP contribution is 2.29. The Hall–Kier alpha value is -2.35. The molecule has 2 aromatic heterocycles. The van der Waals surface area contributed by atoms with Crippen LogP contribution in [0.25, 0.3) is 11.4 Å². The van der Waals surface area contributed by atoms with Gasteiger partial charge in [-0.1, -0.05) is 52.1 Å². The van der Waals surface area contributed by atoms with E-state index < -0.39 is 5.91 Å². The third-order valence-electron chi connectivity index (χ3n) is 3.31. The van der Waals surface area contributed by atoms with E-state index in [1.54, 1.807) is 31.2 Å². The van der Waals surface area contributed by atoms with Gasteiger partial charge in [0.2, 0.25) is 5.82 Å². The van der Waals surface area contributed by atoms with E-state index in [0.717, 1.165) is 0 Å². The SMILES string of the molecule is Cc1c(Cl)cnc(NC(=O)COc2nc(-c3ccccc3Cl)no2)c1Cl. The van der Waals surface area contributed by atoms with Gasteiger partial charge in [0.05, 0.1) is 15.1 Å². The lowest BCUT2D eigenvalue weighted by Gasteiger charge is -2.08. The summed E-state index contributed by atoms with van der Waals surface area (Å²) in [5, 5.41) is 7.42. The molecule has 0 spiro atoms. The van der Waals surface area contributed by atoms with E-state index in [2.05, 4.69) is 20.4 Å². The summed E-state index contributed by atoms with van der Waals surface area (Å²) in [5.74, 6) is -0.0629. The molecule has 0 atom stereocenters. The second-order valence-electron chi connectivity index (χ2n) is 5.09. The predicted molar refractivity (Wildman–Crippen MR) is 97.9 cm³/mol. The summed E-state index contributed by atoms with van der Waals surface area (Å²) in [6.07, 6.45) is 1.23. The number of nitrogens with zero attached hydrogens (tertiary/aromatic N) is 3. The van der Waals surface area contributed by atoms with Gasteiger partial charge in [-0.15, -0.1) is 0 Å². The number of hydrogen-bond donors (Lipinski definition) is 1. The molecule has 0 unspecified atom stereocenters. The van der Waals surface area contributed by atoms with Crippen LogP contribution in [0.3, 0.4) is 0 Å². The smallest absolute Gasteiger partial charge is 0.418 e. The second kappa shape index (κ2) is 7.90. The maximum Gasteiger partial charge on any atom is 0.418 e. The molecule has 3 aromatic rings. The van der Waals surface area contributed by atoms with Gasteiger partial charge >= 0.3 is 6.08 Å². The first-order valence-corrected chi connectivity index (χ1v) is 8.41. The van der Waals surface area contributed by atoms with Crippen LogP contribution in [0, 0.1) is 6.92 Å². The molecule has 134 valence electrons. The first-order valence-electron chi connectivity index (χ1n) is 7.27. The van der Waals surface area contributed by atoms with Crippen molar-refractivity contribution in [1.82, 2.24) is 15.1 Å². The van der Waals surface area contributed by atoms with E-state index in [9.17, 15) is 4.79 Å².